The van der Waals surface area contributed by atoms with E-state index in [4.69, 9.17) is 4.74 Å². The highest BCUT2D eigenvalue weighted by molar-refractivity contribution is 5.92. The van der Waals surface area contributed by atoms with Gasteiger partial charge in [-0.1, -0.05) is 0 Å². The molecule has 0 aliphatic carbocycles. The monoisotopic (exact) mass is 284 g/mol. The first kappa shape index (κ1) is 13.4. The molecule has 3 rings (SSSR count). The van der Waals surface area contributed by atoms with E-state index in [-0.39, 0.29) is 5.97 Å². The van der Waals surface area contributed by atoms with Crippen molar-refractivity contribution in [2.45, 2.75) is 19.9 Å². The zero-order valence-corrected chi connectivity index (χ0v) is 11.9. The van der Waals surface area contributed by atoms with Crippen molar-refractivity contribution in [1.29, 1.82) is 0 Å². The van der Waals surface area contributed by atoms with Gasteiger partial charge in [0, 0.05) is 29.5 Å². The molecule has 6 heteroatoms. The number of fused-ring (bicyclic) bond motifs is 1. The van der Waals surface area contributed by atoms with Gasteiger partial charge in [0.25, 0.3) is 0 Å². The molecule has 1 atom stereocenters. The van der Waals surface area contributed by atoms with Gasteiger partial charge in [-0.25, -0.2) is 9.78 Å². The fourth-order valence-corrected chi connectivity index (χ4v) is 2.27. The summed E-state index contributed by atoms with van der Waals surface area (Å²) in [6, 6.07) is 3.47. The SMILES string of the molecule is CCOC(=O)C(C)n1cc(-c2ccnc3[nH]ccc23)cn1. The summed E-state index contributed by atoms with van der Waals surface area (Å²) in [7, 11) is 0. The molecule has 0 radical (unpaired) electrons. The molecule has 1 unspecified atom stereocenters. The van der Waals surface area contributed by atoms with Crippen LogP contribution in [0.1, 0.15) is 19.9 Å². The van der Waals surface area contributed by atoms with E-state index in [0.29, 0.717) is 6.61 Å². The third kappa shape index (κ3) is 2.40. The number of carbonyl (C=O) groups excluding carboxylic acids is 1. The van der Waals surface area contributed by atoms with E-state index in [2.05, 4.69) is 15.1 Å². The van der Waals surface area contributed by atoms with Crippen LogP contribution < -0.4 is 0 Å². The molecule has 0 spiro atoms. The van der Waals surface area contributed by atoms with E-state index in [1.54, 1.807) is 30.9 Å². The summed E-state index contributed by atoms with van der Waals surface area (Å²) < 4.78 is 6.63. The summed E-state index contributed by atoms with van der Waals surface area (Å²) >= 11 is 0. The van der Waals surface area contributed by atoms with Gasteiger partial charge in [0.05, 0.1) is 12.8 Å². The van der Waals surface area contributed by atoms with Crippen LogP contribution in [0, 0.1) is 0 Å². The van der Waals surface area contributed by atoms with Crippen molar-refractivity contribution in [1.82, 2.24) is 19.7 Å². The normalized spacial score (nSPS) is 12.5. The molecule has 0 aliphatic heterocycles. The lowest BCUT2D eigenvalue weighted by Crippen LogP contribution is -2.19. The van der Waals surface area contributed by atoms with Gasteiger partial charge in [0.2, 0.25) is 0 Å². The first-order valence-electron chi connectivity index (χ1n) is 6.84. The zero-order chi connectivity index (χ0) is 14.8. The summed E-state index contributed by atoms with van der Waals surface area (Å²) in [5.41, 5.74) is 2.81. The molecule has 3 aromatic heterocycles. The topological polar surface area (TPSA) is 72.8 Å². The van der Waals surface area contributed by atoms with Crippen LogP contribution >= 0.6 is 0 Å². The number of nitrogens with zero attached hydrogens (tertiary/aromatic N) is 3. The highest BCUT2D eigenvalue weighted by Crippen LogP contribution is 2.27. The molecule has 3 heterocycles. The Bertz CT molecular complexity index is 775. The fraction of sp³-hybridized carbons (Fsp3) is 0.267. The average Bonchev–Trinajstić information content (AvgIpc) is 3.15. The number of H-pyrrole nitrogens is 1. The molecular weight excluding hydrogens is 268 g/mol. The number of nitrogens with one attached hydrogen (secondary N) is 1. The van der Waals surface area contributed by atoms with Gasteiger partial charge >= 0.3 is 5.97 Å². The third-order valence-electron chi connectivity index (χ3n) is 3.40. The van der Waals surface area contributed by atoms with Crippen molar-refractivity contribution >= 4 is 17.0 Å². The number of carbonyl (C=O) groups is 1. The van der Waals surface area contributed by atoms with Crippen LogP contribution in [0.5, 0.6) is 0 Å². The fourth-order valence-electron chi connectivity index (χ4n) is 2.27. The van der Waals surface area contributed by atoms with Crippen LogP contribution in [0.3, 0.4) is 0 Å². The molecule has 0 aromatic carbocycles. The van der Waals surface area contributed by atoms with Gasteiger partial charge in [-0.3, -0.25) is 4.68 Å². The Morgan fingerprint density at radius 1 is 1.48 bits per heavy atom. The van der Waals surface area contributed by atoms with Gasteiger partial charge in [-0.2, -0.15) is 5.10 Å². The minimum Gasteiger partial charge on any atom is -0.464 e. The number of pyridine rings is 1. The largest absolute Gasteiger partial charge is 0.464 e. The van der Waals surface area contributed by atoms with Crippen molar-refractivity contribution in [2.24, 2.45) is 0 Å². The van der Waals surface area contributed by atoms with Gasteiger partial charge in [0.15, 0.2) is 0 Å². The second kappa shape index (κ2) is 5.40. The Morgan fingerprint density at radius 3 is 3.14 bits per heavy atom. The summed E-state index contributed by atoms with van der Waals surface area (Å²) in [6.07, 6.45) is 7.20. The van der Waals surface area contributed by atoms with Crippen LogP contribution in [0.15, 0.2) is 36.9 Å². The van der Waals surface area contributed by atoms with Crippen LogP contribution in [0.2, 0.25) is 0 Å². The van der Waals surface area contributed by atoms with E-state index in [1.807, 2.05) is 24.5 Å². The lowest BCUT2D eigenvalue weighted by molar-refractivity contribution is -0.146. The molecule has 6 nitrogen and oxygen atoms in total. The van der Waals surface area contributed by atoms with Gasteiger partial charge in [-0.15, -0.1) is 0 Å². The first-order chi connectivity index (χ1) is 10.2. The van der Waals surface area contributed by atoms with E-state index in [1.165, 1.54) is 0 Å². The first-order valence-corrected chi connectivity index (χ1v) is 6.84. The predicted molar refractivity (Wildman–Crippen MR) is 78.7 cm³/mol. The molecule has 0 aliphatic rings. The van der Waals surface area contributed by atoms with Crippen molar-refractivity contribution < 1.29 is 9.53 Å². The lowest BCUT2D eigenvalue weighted by atomic mass is 10.1. The number of rotatable bonds is 4. The van der Waals surface area contributed by atoms with Crippen LogP contribution in [-0.4, -0.2) is 32.3 Å². The Balaban J connectivity index is 1.95. The van der Waals surface area contributed by atoms with Crippen molar-refractivity contribution in [3.05, 3.63) is 36.9 Å². The number of aromatic amines is 1. The quantitative estimate of drug-likeness (QED) is 0.747. The molecule has 1 N–H and O–H groups in total. The second-order valence-corrected chi connectivity index (χ2v) is 4.74. The molecule has 0 saturated heterocycles. The van der Waals surface area contributed by atoms with Crippen LogP contribution in [-0.2, 0) is 9.53 Å². The highest BCUT2D eigenvalue weighted by atomic mass is 16.5. The number of esters is 1. The summed E-state index contributed by atoms with van der Waals surface area (Å²) in [6.45, 7) is 3.93. The zero-order valence-electron chi connectivity index (χ0n) is 11.9. The lowest BCUT2D eigenvalue weighted by Gasteiger charge is -2.10. The highest BCUT2D eigenvalue weighted by Gasteiger charge is 2.17. The van der Waals surface area contributed by atoms with Gasteiger partial charge < -0.3 is 9.72 Å². The van der Waals surface area contributed by atoms with E-state index in [0.717, 1.165) is 22.2 Å². The predicted octanol–water partition coefficient (Wildman–Crippen LogP) is 2.55. The Morgan fingerprint density at radius 2 is 2.33 bits per heavy atom. The summed E-state index contributed by atoms with van der Waals surface area (Å²) in [4.78, 5) is 19.1. The standard InChI is InChI=1S/C15H16N4O2/c1-3-21-15(20)10(2)19-9-11(8-18-19)12-4-6-16-14-13(12)5-7-17-14/h4-10H,3H2,1-2H3,(H,16,17). The minimum atomic E-state index is -0.442. The summed E-state index contributed by atoms with van der Waals surface area (Å²) in [5, 5.41) is 5.30. The van der Waals surface area contributed by atoms with E-state index >= 15 is 0 Å². The molecular formula is C15H16N4O2. The maximum atomic E-state index is 11.8. The minimum absolute atomic E-state index is 0.284. The molecule has 21 heavy (non-hydrogen) atoms. The van der Waals surface area contributed by atoms with Crippen molar-refractivity contribution in [3.63, 3.8) is 0 Å². The maximum absolute atomic E-state index is 11.8. The van der Waals surface area contributed by atoms with E-state index in [9.17, 15) is 4.79 Å². The Labute approximate surface area is 121 Å². The number of hydrogen-bond donors (Lipinski definition) is 1. The molecule has 0 saturated carbocycles. The number of hydrogen-bond acceptors (Lipinski definition) is 4. The van der Waals surface area contributed by atoms with Crippen molar-refractivity contribution in [3.8, 4) is 11.1 Å². The average molecular weight is 284 g/mol. The molecule has 108 valence electrons. The summed E-state index contributed by atoms with van der Waals surface area (Å²) in [5.74, 6) is -0.284. The molecule has 0 fully saturated rings. The number of ether oxygens (including phenoxy) is 1. The Hall–Kier alpha value is -2.63. The second-order valence-electron chi connectivity index (χ2n) is 4.74. The van der Waals surface area contributed by atoms with Crippen LogP contribution in [0.4, 0.5) is 0 Å². The Kier molecular flexibility index (Phi) is 3.43. The van der Waals surface area contributed by atoms with Crippen LogP contribution in [0.25, 0.3) is 22.2 Å². The van der Waals surface area contributed by atoms with E-state index < -0.39 is 6.04 Å². The molecule has 0 bridgehead atoms. The maximum Gasteiger partial charge on any atom is 0.330 e. The smallest absolute Gasteiger partial charge is 0.330 e. The third-order valence-corrected chi connectivity index (χ3v) is 3.40. The van der Waals surface area contributed by atoms with Gasteiger partial charge in [0.1, 0.15) is 11.7 Å². The molecule has 3 aromatic rings. The number of aromatic nitrogens is 4. The molecule has 0 amide bonds. The van der Waals surface area contributed by atoms with Gasteiger partial charge in [-0.05, 0) is 31.5 Å². The van der Waals surface area contributed by atoms with Crippen molar-refractivity contribution in [2.75, 3.05) is 6.61 Å².